The molecule has 20 heavy (non-hydrogen) atoms. The molecule has 3 nitrogen and oxygen atoms in total. The van der Waals surface area contributed by atoms with Crippen LogP contribution in [0.3, 0.4) is 0 Å². The van der Waals surface area contributed by atoms with E-state index < -0.39 is 0 Å². The minimum atomic E-state index is 0.668. The van der Waals surface area contributed by atoms with E-state index in [0.717, 1.165) is 30.0 Å². The highest BCUT2D eigenvalue weighted by molar-refractivity contribution is 9.10. The molecule has 0 radical (unpaired) electrons. The summed E-state index contributed by atoms with van der Waals surface area (Å²) in [7, 11) is 0. The van der Waals surface area contributed by atoms with Crippen molar-refractivity contribution in [2.45, 2.75) is 45.7 Å². The van der Waals surface area contributed by atoms with Crippen LogP contribution < -0.4 is 5.32 Å². The molecule has 0 aliphatic carbocycles. The number of nitrogens with zero attached hydrogens (tertiary/aromatic N) is 2. The van der Waals surface area contributed by atoms with Crippen molar-refractivity contribution < 1.29 is 0 Å². The Morgan fingerprint density at radius 1 is 1.40 bits per heavy atom. The third kappa shape index (κ3) is 5.15. The lowest BCUT2D eigenvalue weighted by atomic mass is 10.0. The standard InChI is InChI=1S/C16H26BrN3/c1-13(2)8-18-11-16-5-3-4-6-20(16)12-14-7-15(17)10-19-9-14/h7,9-10,13,16,18H,3-6,8,11-12H2,1-2H3. The van der Waals surface area contributed by atoms with Crippen LogP contribution in [0.25, 0.3) is 0 Å². The van der Waals surface area contributed by atoms with Crippen molar-refractivity contribution in [3.05, 3.63) is 28.5 Å². The van der Waals surface area contributed by atoms with Gasteiger partial charge in [-0.25, -0.2) is 0 Å². The van der Waals surface area contributed by atoms with E-state index in [1.54, 1.807) is 0 Å². The molecule has 1 saturated heterocycles. The molecule has 1 aliphatic rings. The van der Waals surface area contributed by atoms with Gasteiger partial charge in [0, 0.05) is 36.0 Å². The van der Waals surface area contributed by atoms with Gasteiger partial charge in [-0.2, -0.15) is 0 Å². The van der Waals surface area contributed by atoms with E-state index in [9.17, 15) is 0 Å². The molecule has 4 heteroatoms. The lowest BCUT2D eigenvalue weighted by Crippen LogP contribution is -2.45. The number of piperidine rings is 1. The van der Waals surface area contributed by atoms with Crippen molar-refractivity contribution in [1.29, 1.82) is 0 Å². The molecule has 2 heterocycles. The lowest BCUT2D eigenvalue weighted by Gasteiger charge is -2.36. The fourth-order valence-corrected chi connectivity index (χ4v) is 3.23. The Morgan fingerprint density at radius 2 is 2.25 bits per heavy atom. The molecule has 1 fully saturated rings. The third-order valence-corrected chi connectivity index (χ3v) is 4.26. The molecule has 1 aromatic heterocycles. The average molecular weight is 340 g/mol. The summed E-state index contributed by atoms with van der Waals surface area (Å²) < 4.78 is 1.07. The second kappa shape index (κ2) is 8.11. The summed E-state index contributed by atoms with van der Waals surface area (Å²) in [4.78, 5) is 6.88. The molecule has 1 unspecified atom stereocenters. The summed E-state index contributed by atoms with van der Waals surface area (Å²) in [6.07, 6.45) is 7.83. The van der Waals surface area contributed by atoms with Crippen molar-refractivity contribution >= 4 is 15.9 Å². The zero-order chi connectivity index (χ0) is 14.4. The monoisotopic (exact) mass is 339 g/mol. The van der Waals surface area contributed by atoms with Crippen LogP contribution in [0.2, 0.25) is 0 Å². The Bertz CT molecular complexity index is 408. The first-order valence-corrected chi connectivity index (χ1v) is 8.48. The Labute approximate surface area is 131 Å². The number of likely N-dealkylation sites (tertiary alicyclic amines) is 1. The number of nitrogens with one attached hydrogen (secondary N) is 1. The minimum absolute atomic E-state index is 0.668. The molecule has 0 amide bonds. The van der Waals surface area contributed by atoms with Gasteiger partial charge in [0.1, 0.15) is 0 Å². The summed E-state index contributed by atoms with van der Waals surface area (Å²) in [5.74, 6) is 0.723. The molecular weight excluding hydrogens is 314 g/mol. The maximum atomic E-state index is 4.27. The van der Waals surface area contributed by atoms with Crippen LogP contribution in [0.1, 0.15) is 38.7 Å². The van der Waals surface area contributed by atoms with Gasteiger partial charge >= 0.3 is 0 Å². The summed E-state index contributed by atoms with van der Waals surface area (Å²) >= 11 is 3.51. The smallest absolute Gasteiger partial charge is 0.0410 e. The predicted molar refractivity (Wildman–Crippen MR) is 87.7 cm³/mol. The van der Waals surface area contributed by atoms with E-state index in [1.807, 2.05) is 12.4 Å². The quantitative estimate of drug-likeness (QED) is 0.860. The van der Waals surface area contributed by atoms with E-state index in [2.05, 4.69) is 51.0 Å². The van der Waals surface area contributed by atoms with Gasteiger partial charge in [0.15, 0.2) is 0 Å². The number of aromatic nitrogens is 1. The zero-order valence-electron chi connectivity index (χ0n) is 12.6. The SMILES string of the molecule is CC(C)CNCC1CCCCN1Cc1cncc(Br)c1. The molecular formula is C16H26BrN3. The van der Waals surface area contributed by atoms with Gasteiger partial charge in [0.05, 0.1) is 0 Å². The minimum Gasteiger partial charge on any atom is -0.315 e. The molecule has 0 bridgehead atoms. The van der Waals surface area contributed by atoms with E-state index in [1.165, 1.54) is 31.4 Å². The Morgan fingerprint density at radius 3 is 3.00 bits per heavy atom. The fourth-order valence-electron chi connectivity index (χ4n) is 2.81. The predicted octanol–water partition coefficient (Wildman–Crippen LogP) is 3.44. The topological polar surface area (TPSA) is 28.2 Å². The van der Waals surface area contributed by atoms with Crippen molar-refractivity contribution in [2.24, 2.45) is 5.92 Å². The zero-order valence-corrected chi connectivity index (χ0v) is 14.2. The average Bonchev–Trinajstić information content (AvgIpc) is 2.40. The summed E-state index contributed by atoms with van der Waals surface area (Å²) in [5, 5.41) is 3.62. The van der Waals surface area contributed by atoms with E-state index in [0.29, 0.717) is 6.04 Å². The van der Waals surface area contributed by atoms with Crippen LogP contribution in [-0.4, -0.2) is 35.6 Å². The third-order valence-electron chi connectivity index (χ3n) is 3.83. The second-order valence-corrected chi connectivity index (χ2v) is 7.10. The maximum absolute atomic E-state index is 4.27. The lowest BCUT2D eigenvalue weighted by molar-refractivity contribution is 0.136. The van der Waals surface area contributed by atoms with Crippen LogP contribution in [0.5, 0.6) is 0 Å². The largest absolute Gasteiger partial charge is 0.315 e. The molecule has 0 saturated carbocycles. The number of halogens is 1. The molecule has 1 N–H and O–H groups in total. The van der Waals surface area contributed by atoms with Gasteiger partial charge < -0.3 is 5.32 Å². The van der Waals surface area contributed by atoms with E-state index in [-0.39, 0.29) is 0 Å². The van der Waals surface area contributed by atoms with Crippen LogP contribution in [0.15, 0.2) is 22.9 Å². The van der Waals surface area contributed by atoms with Gasteiger partial charge in [-0.05, 0) is 59.4 Å². The Balaban J connectivity index is 1.89. The second-order valence-electron chi connectivity index (χ2n) is 6.18. The summed E-state index contributed by atoms with van der Waals surface area (Å²) in [6.45, 7) is 8.97. The molecule has 0 spiro atoms. The highest BCUT2D eigenvalue weighted by Crippen LogP contribution is 2.20. The Kier molecular flexibility index (Phi) is 6.46. The van der Waals surface area contributed by atoms with Gasteiger partial charge in [0.2, 0.25) is 0 Å². The molecule has 112 valence electrons. The highest BCUT2D eigenvalue weighted by atomic mass is 79.9. The van der Waals surface area contributed by atoms with Gasteiger partial charge in [-0.1, -0.05) is 20.3 Å². The number of rotatable bonds is 6. The molecule has 1 aromatic rings. The van der Waals surface area contributed by atoms with Crippen molar-refractivity contribution in [1.82, 2.24) is 15.2 Å². The summed E-state index contributed by atoms with van der Waals surface area (Å²) in [6, 6.07) is 2.85. The highest BCUT2D eigenvalue weighted by Gasteiger charge is 2.22. The Hall–Kier alpha value is -0.450. The first-order chi connectivity index (χ1) is 9.65. The molecule has 1 aliphatic heterocycles. The molecule has 0 aromatic carbocycles. The van der Waals surface area contributed by atoms with Crippen LogP contribution in [-0.2, 0) is 6.54 Å². The number of hydrogen-bond donors (Lipinski definition) is 1. The summed E-state index contributed by atoms with van der Waals surface area (Å²) in [5.41, 5.74) is 1.30. The maximum Gasteiger partial charge on any atom is 0.0410 e. The van der Waals surface area contributed by atoms with Crippen LogP contribution in [0.4, 0.5) is 0 Å². The molecule has 2 rings (SSSR count). The van der Waals surface area contributed by atoms with Gasteiger partial charge in [-0.15, -0.1) is 0 Å². The van der Waals surface area contributed by atoms with Gasteiger partial charge in [0.25, 0.3) is 0 Å². The van der Waals surface area contributed by atoms with Crippen LogP contribution >= 0.6 is 15.9 Å². The van der Waals surface area contributed by atoms with Crippen LogP contribution in [0, 0.1) is 5.92 Å². The number of hydrogen-bond acceptors (Lipinski definition) is 3. The molecule has 1 atom stereocenters. The number of pyridine rings is 1. The fraction of sp³-hybridized carbons (Fsp3) is 0.688. The normalized spacial score (nSPS) is 20.5. The van der Waals surface area contributed by atoms with Crippen molar-refractivity contribution in [2.75, 3.05) is 19.6 Å². The van der Waals surface area contributed by atoms with Crippen molar-refractivity contribution in [3.63, 3.8) is 0 Å². The van der Waals surface area contributed by atoms with Gasteiger partial charge in [-0.3, -0.25) is 9.88 Å². The first-order valence-electron chi connectivity index (χ1n) is 7.69. The first kappa shape index (κ1) is 15.9. The van der Waals surface area contributed by atoms with E-state index in [4.69, 9.17) is 0 Å². The van der Waals surface area contributed by atoms with E-state index >= 15 is 0 Å². The van der Waals surface area contributed by atoms with Crippen molar-refractivity contribution in [3.8, 4) is 0 Å².